The van der Waals surface area contributed by atoms with Gasteiger partial charge in [0.05, 0.1) is 6.10 Å². The molecule has 1 heterocycles. The van der Waals surface area contributed by atoms with Crippen LogP contribution in [-0.2, 0) is 19.7 Å². The minimum atomic E-state index is -4.47. The number of urea groups is 1. The summed E-state index contributed by atoms with van der Waals surface area (Å²) in [5.74, 6) is -2.94. The number of carbonyl (C=O) groups is 3. The first-order chi connectivity index (χ1) is 9.10. The molecule has 0 aromatic rings. The smallest absolute Gasteiger partial charge is 0.328 e. The molecule has 1 saturated heterocycles. The van der Waals surface area contributed by atoms with Crippen LogP contribution in [0.15, 0.2) is 12.7 Å². The predicted molar refractivity (Wildman–Crippen MR) is 66.0 cm³/mol. The maximum atomic E-state index is 11.9. The molecule has 0 saturated carbocycles. The van der Waals surface area contributed by atoms with Gasteiger partial charge < -0.3 is 5.11 Å². The van der Waals surface area contributed by atoms with Crippen LogP contribution in [0.5, 0.6) is 0 Å². The average molecular weight is 306 g/mol. The standard InChI is InChI=1S/C10H14N2O7S/c1-2-3-10(4-6(13)5-20(17,18)19)7(14)11-9(16)12-8(10)15/h2,6,13H,1,3-5H2,(H,17,18,19)(H2,11,12,14,15,16). The third-order valence-electron chi connectivity index (χ3n) is 2.80. The van der Waals surface area contributed by atoms with E-state index in [1.54, 1.807) is 0 Å². The summed E-state index contributed by atoms with van der Waals surface area (Å²) in [5, 5.41) is 13.4. The lowest BCUT2D eigenvalue weighted by Gasteiger charge is -2.34. The Labute approximate surface area is 114 Å². The van der Waals surface area contributed by atoms with E-state index in [1.165, 1.54) is 6.08 Å². The number of nitrogens with one attached hydrogen (secondary N) is 2. The van der Waals surface area contributed by atoms with Crippen molar-refractivity contribution in [3.8, 4) is 0 Å². The fourth-order valence-corrected chi connectivity index (χ4v) is 2.59. The molecule has 0 bridgehead atoms. The van der Waals surface area contributed by atoms with Crippen LogP contribution in [0.3, 0.4) is 0 Å². The van der Waals surface area contributed by atoms with Crippen molar-refractivity contribution in [1.82, 2.24) is 10.6 Å². The Bertz CT molecular complexity index is 534. The molecule has 20 heavy (non-hydrogen) atoms. The summed E-state index contributed by atoms with van der Waals surface area (Å²) < 4.78 is 30.0. The number of aliphatic hydroxyl groups is 1. The summed E-state index contributed by atoms with van der Waals surface area (Å²) in [4.78, 5) is 34.7. The third-order valence-corrected chi connectivity index (χ3v) is 3.61. The first kappa shape index (κ1) is 16.3. The van der Waals surface area contributed by atoms with E-state index in [0.29, 0.717) is 0 Å². The molecule has 1 rings (SSSR count). The predicted octanol–water partition coefficient (Wildman–Crippen LogP) is -1.45. The molecular formula is C10H14N2O7S. The Morgan fingerprint density at radius 2 is 1.75 bits per heavy atom. The lowest BCUT2D eigenvalue weighted by molar-refractivity contribution is -0.146. The van der Waals surface area contributed by atoms with Gasteiger partial charge in [-0.2, -0.15) is 8.42 Å². The normalized spacial score (nSPS) is 20.0. The van der Waals surface area contributed by atoms with Crippen LogP contribution in [0.4, 0.5) is 4.79 Å². The molecule has 1 unspecified atom stereocenters. The van der Waals surface area contributed by atoms with Gasteiger partial charge in [-0.05, 0) is 12.8 Å². The summed E-state index contributed by atoms with van der Waals surface area (Å²) >= 11 is 0. The molecule has 0 aliphatic carbocycles. The SMILES string of the molecule is C=CCC1(CC(O)CS(=O)(=O)O)C(=O)NC(=O)NC1=O. The van der Waals surface area contributed by atoms with E-state index in [9.17, 15) is 27.9 Å². The van der Waals surface area contributed by atoms with Gasteiger partial charge in [-0.15, -0.1) is 6.58 Å². The van der Waals surface area contributed by atoms with E-state index in [4.69, 9.17) is 4.55 Å². The monoisotopic (exact) mass is 306 g/mol. The number of allylic oxidation sites excluding steroid dienone is 1. The minimum Gasteiger partial charge on any atom is -0.392 e. The van der Waals surface area contributed by atoms with Gasteiger partial charge in [-0.25, -0.2) is 4.79 Å². The maximum Gasteiger partial charge on any atom is 0.328 e. The second kappa shape index (κ2) is 5.69. The van der Waals surface area contributed by atoms with E-state index in [1.807, 2.05) is 10.6 Å². The zero-order valence-corrected chi connectivity index (χ0v) is 11.1. The Kier molecular flexibility index (Phi) is 4.63. The van der Waals surface area contributed by atoms with Crippen molar-refractivity contribution < 1.29 is 32.5 Å². The van der Waals surface area contributed by atoms with Gasteiger partial charge in [0.2, 0.25) is 11.8 Å². The maximum absolute atomic E-state index is 11.9. The van der Waals surface area contributed by atoms with Crippen LogP contribution in [0.2, 0.25) is 0 Å². The molecule has 1 fully saturated rings. The van der Waals surface area contributed by atoms with Crippen molar-refractivity contribution in [3.05, 3.63) is 12.7 Å². The molecule has 0 aromatic carbocycles. The quantitative estimate of drug-likeness (QED) is 0.266. The highest BCUT2D eigenvalue weighted by Crippen LogP contribution is 2.31. The van der Waals surface area contributed by atoms with Crippen LogP contribution in [0.25, 0.3) is 0 Å². The summed E-state index contributed by atoms with van der Waals surface area (Å²) in [7, 11) is -4.47. The molecule has 0 spiro atoms. The molecule has 0 radical (unpaired) electrons. The molecule has 0 aromatic heterocycles. The molecule has 4 N–H and O–H groups in total. The van der Waals surface area contributed by atoms with E-state index < -0.39 is 51.7 Å². The zero-order chi connectivity index (χ0) is 15.6. The van der Waals surface area contributed by atoms with Crippen molar-refractivity contribution in [2.45, 2.75) is 18.9 Å². The summed E-state index contributed by atoms with van der Waals surface area (Å²) in [6.07, 6.45) is -1.21. The molecule has 112 valence electrons. The van der Waals surface area contributed by atoms with Crippen molar-refractivity contribution in [3.63, 3.8) is 0 Å². The van der Waals surface area contributed by atoms with Gasteiger partial charge in [-0.3, -0.25) is 24.8 Å². The molecule has 1 atom stereocenters. The Balaban J connectivity index is 3.03. The largest absolute Gasteiger partial charge is 0.392 e. The van der Waals surface area contributed by atoms with Crippen molar-refractivity contribution in [2.75, 3.05) is 5.75 Å². The molecule has 1 aliphatic heterocycles. The van der Waals surface area contributed by atoms with Crippen molar-refractivity contribution in [2.24, 2.45) is 5.41 Å². The zero-order valence-electron chi connectivity index (χ0n) is 10.3. The van der Waals surface area contributed by atoms with E-state index in [2.05, 4.69) is 6.58 Å². The number of rotatable bonds is 6. The van der Waals surface area contributed by atoms with Crippen molar-refractivity contribution >= 4 is 28.0 Å². The second-order valence-corrected chi connectivity index (χ2v) is 5.92. The summed E-state index contributed by atoms with van der Waals surface area (Å²) in [6, 6.07) is -0.996. The molecule has 4 amide bonds. The van der Waals surface area contributed by atoms with Gasteiger partial charge in [0, 0.05) is 0 Å². The molecule has 10 heteroatoms. The summed E-state index contributed by atoms with van der Waals surface area (Å²) in [5.41, 5.74) is -1.85. The minimum absolute atomic E-state index is 0.208. The van der Waals surface area contributed by atoms with Gasteiger partial charge in [0.25, 0.3) is 10.1 Å². The van der Waals surface area contributed by atoms with Crippen LogP contribution in [0.1, 0.15) is 12.8 Å². The highest BCUT2D eigenvalue weighted by atomic mass is 32.2. The van der Waals surface area contributed by atoms with Crippen LogP contribution >= 0.6 is 0 Å². The lowest BCUT2D eigenvalue weighted by atomic mass is 9.76. The van der Waals surface area contributed by atoms with Gasteiger partial charge in [0.15, 0.2) is 0 Å². The molecular weight excluding hydrogens is 292 g/mol. The van der Waals surface area contributed by atoms with E-state index in [-0.39, 0.29) is 6.42 Å². The summed E-state index contributed by atoms with van der Waals surface area (Å²) in [6.45, 7) is 3.38. The van der Waals surface area contributed by atoms with E-state index >= 15 is 0 Å². The number of imide groups is 2. The number of amides is 4. The number of barbiturate groups is 1. The van der Waals surface area contributed by atoms with Crippen molar-refractivity contribution in [1.29, 1.82) is 0 Å². The number of aliphatic hydroxyl groups excluding tert-OH is 1. The van der Waals surface area contributed by atoms with Gasteiger partial charge in [0.1, 0.15) is 11.2 Å². The lowest BCUT2D eigenvalue weighted by Crippen LogP contribution is -2.63. The third kappa shape index (κ3) is 3.62. The molecule has 1 aliphatic rings. The van der Waals surface area contributed by atoms with Crippen LogP contribution in [0, 0.1) is 5.41 Å². The van der Waals surface area contributed by atoms with Gasteiger partial charge >= 0.3 is 6.03 Å². The molecule has 9 nitrogen and oxygen atoms in total. The highest BCUT2D eigenvalue weighted by molar-refractivity contribution is 7.85. The first-order valence-electron chi connectivity index (χ1n) is 5.52. The van der Waals surface area contributed by atoms with Gasteiger partial charge in [-0.1, -0.05) is 6.08 Å². The van der Waals surface area contributed by atoms with Crippen LogP contribution < -0.4 is 10.6 Å². The fourth-order valence-electron chi connectivity index (χ4n) is 1.98. The topological polar surface area (TPSA) is 150 Å². The fraction of sp³-hybridized carbons (Fsp3) is 0.500. The number of hydrogen-bond donors (Lipinski definition) is 4. The number of carbonyl (C=O) groups excluding carboxylic acids is 3. The van der Waals surface area contributed by atoms with E-state index in [0.717, 1.165) is 0 Å². The Morgan fingerprint density at radius 1 is 1.25 bits per heavy atom. The van der Waals surface area contributed by atoms with Crippen LogP contribution in [-0.4, -0.2) is 47.8 Å². The highest BCUT2D eigenvalue weighted by Gasteiger charge is 2.50. The first-order valence-corrected chi connectivity index (χ1v) is 7.12. The number of hydrogen-bond acceptors (Lipinski definition) is 6. The second-order valence-electron chi connectivity index (χ2n) is 4.42. The Hall–Kier alpha value is -1.78. The average Bonchev–Trinajstić information content (AvgIpc) is 2.23. The Morgan fingerprint density at radius 3 is 2.15 bits per heavy atom.